The minimum atomic E-state index is -2.69. The maximum absolute atomic E-state index is 13.5. The van der Waals surface area contributed by atoms with Crippen molar-refractivity contribution >= 4 is 11.4 Å². The van der Waals surface area contributed by atoms with Crippen LogP contribution in [0, 0.1) is 0 Å². The third-order valence-electron chi connectivity index (χ3n) is 5.47. The number of nitrogens with zero attached hydrogens (tertiary/aromatic N) is 6. The highest BCUT2D eigenvalue weighted by Crippen LogP contribution is 2.35. The number of hydrogen-bond donors (Lipinski definition) is 1. The molecule has 0 spiro atoms. The van der Waals surface area contributed by atoms with E-state index in [-0.39, 0.29) is 11.6 Å². The molecule has 0 aromatic carbocycles. The van der Waals surface area contributed by atoms with Crippen LogP contribution in [0.5, 0.6) is 0 Å². The molecule has 9 nitrogen and oxygen atoms in total. The number of halogens is 2. The van der Waals surface area contributed by atoms with Crippen LogP contribution in [-0.4, -0.2) is 47.1 Å². The van der Waals surface area contributed by atoms with E-state index in [4.69, 9.17) is 4.42 Å². The quantitative estimate of drug-likeness (QED) is 0.522. The highest BCUT2D eigenvalue weighted by molar-refractivity contribution is 5.90. The number of carbonyl (C=O) groups is 1. The maximum Gasteiger partial charge on any atom is 0.312 e. The SMILES string of the molecule is CC(C)(C)c1nnc(C(=O)N2CCc3[nH]cnc3[C@H]2c2cc3cccc(C(F)F)n3n2)o1. The van der Waals surface area contributed by atoms with Gasteiger partial charge < -0.3 is 14.3 Å². The highest BCUT2D eigenvalue weighted by atomic mass is 19.3. The average molecular weight is 441 g/mol. The summed E-state index contributed by atoms with van der Waals surface area (Å²) in [5, 5.41) is 12.4. The van der Waals surface area contributed by atoms with E-state index in [2.05, 4.69) is 25.3 Å². The number of amides is 1. The maximum atomic E-state index is 13.5. The number of alkyl halides is 2. The Bertz CT molecular complexity index is 1300. The molecule has 5 rings (SSSR count). The van der Waals surface area contributed by atoms with Gasteiger partial charge in [-0.3, -0.25) is 4.79 Å². The number of imidazole rings is 1. The van der Waals surface area contributed by atoms with Crippen LogP contribution in [0.3, 0.4) is 0 Å². The van der Waals surface area contributed by atoms with E-state index in [1.54, 1.807) is 29.4 Å². The fraction of sp³-hybridized carbons (Fsp3) is 0.381. The number of carbonyl (C=O) groups excluding carboxylic acids is 1. The number of pyridine rings is 1. The van der Waals surface area contributed by atoms with Crippen molar-refractivity contribution in [3.63, 3.8) is 0 Å². The summed E-state index contributed by atoms with van der Waals surface area (Å²) >= 11 is 0. The second-order valence-electron chi connectivity index (χ2n) is 8.74. The van der Waals surface area contributed by atoms with Crippen LogP contribution < -0.4 is 0 Å². The van der Waals surface area contributed by atoms with Crippen molar-refractivity contribution in [2.75, 3.05) is 6.54 Å². The van der Waals surface area contributed by atoms with Crippen molar-refractivity contribution in [2.45, 2.75) is 45.1 Å². The Kier molecular flexibility index (Phi) is 4.57. The van der Waals surface area contributed by atoms with Gasteiger partial charge in [-0.15, -0.1) is 10.2 Å². The number of nitrogens with one attached hydrogen (secondary N) is 1. The molecule has 0 fully saturated rings. The van der Waals surface area contributed by atoms with Crippen LogP contribution >= 0.6 is 0 Å². The van der Waals surface area contributed by atoms with Crippen molar-refractivity contribution in [3.8, 4) is 0 Å². The van der Waals surface area contributed by atoms with Crippen molar-refractivity contribution in [1.29, 1.82) is 0 Å². The van der Waals surface area contributed by atoms with Crippen molar-refractivity contribution in [3.05, 3.63) is 65.1 Å². The van der Waals surface area contributed by atoms with Crippen molar-refractivity contribution < 1.29 is 18.0 Å². The van der Waals surface area contributed by atoms with Crippen LogP contribution in [0.4, 0.5) is 8.78 Å². The average Bonchev–Trinajstić information content (AvgIpc) is 3.50. The molecular formula is C21H21F2N7O2. The largest absolute Gasteiger partial charge is 0.416 e. The van der Waals surface area contributed by atoms with E-state index in [9.17, 15) is 13.6 Å². The van der Waals surface area contributed by atoms with E-state index in [0.29, 0.717) is 35.8 Å². The van der Waals surface area contributed by atoms with Gasteiger partial charge in [-0.1, -0.05) is 26.8 Å². The molecule has 5 heterocycles. The molecule has 4 aromatic heterocycles. The second kappa shape index (κ2) is 7.21. The number of hydrogen-bond acceptors (Lipinski definition) is 6. The third kappa shape index (κ3) is 3.24. The van der Waals surface area contributed by atoms with Gasteiger partial charge in [0, 0.05) is 24.1 Å². The number of aromatic amines is 1. The summed E-state index contributed by atoms with van der Waals surface area (Å²) in [4.78, 5) is 22.4. The van der Waals surface area contributed by atoms with E-state index in [1.165, 1.54) is 10.6 Å². The minimum Gasteiger partial charge on any atom is -0.416 e. The van der Waals surface area contributed by atoms with Crippen LogP contribution in [0.15, 0.2) is 35.0 Å². The molecule has 1 N–H and O–H groups in total. The standard InChI is InChI=1S/C21H21F2N7O2/c1-21(2,3)20-27-26-18(32-20)19(31)29-8-7-12-15(25-10-24-12)16(29)13-9-11-5-4-6-14(17(22)23)30(11)28-13/h4-6,9-10,16-17H,7-8H2,1-3H3,(H,24,25)/t16-/m1/s1. The smallest absolute Gasteiger partial charge is 0.312 e. The molecule has 0 aliphatic carbocycles. The molecule has 0 unspecified atom stereocenters. The van der Waals surface area contributed by atoms with Crippen LogP contribution in [-0.2, 0) is 11.8 Å². The third-order valence-corrected chi connectivity index (χ3v) is 5.47. The van der Waals surface area contributed by atoms with E-state index >= 15 is 0 Å². The predicted octanol–water partition coefficient (Wildman–Crippen LogP) is 3.46. The van der Waals surface area contributed by atoms with Crippen molar-refractivity contribution in [2.24, 2.45) is 0 Å². The first kappa shape index (κ1) is 20.3. The molecule has 1 aliphatic rings. The summed E-state index contributed by atoms with van der Waals surface area (Å²) in [6.45, 7) is 6.07. The van der Waals surface area contributed by atoms with Crippen LogP contribution in [0.1, 0.15) is 72.6 Å². The molecule has 1 aliphatic heterocycles. The van der Waals surface area contributed by atoms with Gasteiger partial charge in [0.2, 0.25) is 5.89 Å². The first-order chi connectivity index (χ1) is 15.2. The highest BCUT2D eigenvalue weighted by Gasteiger charge is 2.38. The Labute approximate surface area is 181 Å². The molecule has 0 bridgehead atoms. The lowest BCUT2D eigenvalue weighted by Gasteiger charge is -2.32. The predicted molar refractivity (Wildman–Crippen MR) is 108 cm³/mol. The molecule has 1 atom stereocenters. The Morgan fingerprint density at radius 3 is 2.81 bits per heavy atom. The van der Waals surface area contributed by atoms with Crippen molar-refractivity contribution in [1.82, 2.24) is 34.7 Å². The number of aromatic nitrogens is 6. The molecule has 1 amide bonds. The summed E-state index contributed by atoms with van der Waals surface area (Å²) < 4.78 is 33.8. The molecule has 32 heavy (non-hydrogen) atoms. The van der Waals surface area contributed by atoms with Gasteiger partial charge in [0.05, 0.1) is 23.2 Å². The molecular weight excluding hydrogens is 420 g/mol. The van der Waals surface area contributed by atoms with Gasteiger partial charge in [-0.25, -0.2) is 18.3 Å². The fourth-order valence-corrected chi connectivity index (χ4v) is 3.89. The lowest BCUT2D eigenvalue weighted by molar-refractivity contribution is 0.0642. The fourth-order valence-electron chi connectivity index (χ4n) is 3.89. The second-order valence-corrected chi connectivity index (χ2v) is 8.74. The van der Waals surface area contributed by atoms with Gasteiger partial charge in [0.15, 0.2) is 0 Å². The zero-order chi connectivity index (χ0) is 22.6. The van der Waals surface area contributed by atoms with Gasteiger partial charge >= 0.3 is 11.8 Å². The molecule has 0 radical (unpaired) electrons. The minimum absolute atomic E-state index is 0.129. The molecule has 0 saturated heterocycles. The topological polar surface area (TPSA) is 105 Å². The monoisotopic (exact) mass is 441 g/mol. The molecule has 0 saturated carbocycles. The normalized spacial score (nSPS) is 16.7. The molecule has 166 valence electrons. The summed E-state index contributed by atoms with van der Waals surface area (Å²) in [6, 6.07) is 5.57. The number of rotatable bonds is 3. The van der Waals surface area contributed by atoms with Crippen LogP contribution in [0.2, 0.25) is 0 Å². The Balaban J connectivity index is 1.60. The number of fused-ring (bicyclic) bond motifs is 2. The summed E-state index contributed by atoms with van der Waals surface area (Å²) in [5.74, 6) is -0.238. The van der Waals surface area contributed by atoms with Gasteiger partial charge in [0.1, 0.15) is 11.7 Å². The molecule has 11 heteroatoms. The summed E-state index contributed by atoms with van der Waals surface area (Å²) in [6.07, 6.45) is -0.588. The van der Waals surface area contributed by atoms with Gasteiger partial charge in [-0.2, -0.15) is 5.10 Å². The Morgan fingerprint density at radius 1 is 1.28 bits per heavy atom. The number of H-pyrrole nitrogens is 1. The lowest BCUT2D eigenvalue weighted by atomic mass is 9.97. The van der Waals surface area contributed by atoms with Crippen LogP contribution in [0.25, 0.3) is 5.52 Å². The van der Waals surface area contributed by atoms with Gasteiger partial charge in [-0.05, 0) is 18.2 Å². The lowest BCUT2D eigenvalue weighted by Crippen LogP contribution is -2.41. The zero-order valence-electron chi connectivity index (χ0n) is 17.7. The summed E-state index contributed by atoms with van der Waals surface area (Å²) in [7, 11) is 0. The van der Waals surface area contributed by atoms with Gasteiger partial charge in [0.25, 0.3) is 6.43 Å². The Morgan fingerprint density at radius 2 is 2.09 bits per heavy atom. The molecule has 4 aromatic rings. The zero-order valence-corrected chi connectivity index (χ0v) is 17.7. The first-order valence-corrected chi connectivity index (χ1v) is 10.2. The van der Waals surface area contributed by atoms with E-state index in [1.807, 2.05) is 20.8 Å². The van der Waals surface area contributed by atoms with E-state index in [0.717, 1.165) is 5.69 Å². The summed E-state index contributed by atoms with van der Waals surface area (Å²) in [5.41, 5.74) is 1.77. The van der Waals surface area contributed by atoms with E-state index < -0.39 is 23.8 Å². The Hall–Kier alpha value is -3.63. The first-order valence-electron chi connectivity index (χ1n) is 10.2.